The van der Waals surface area contributed by atoms with Crippen LogP contribution in [-0.4, -0.2) is 69.2 Å². The van der Waals surface area contributed by atoms with E-state index in [1.807, 2.05) is 18.2 Å². The van der Waals surface area contributed by atoms with Crippen LogP contribution in [0, 0.1) is 16.7 Å². The highest BCUT2D eigenvalue weighted by Gasteiger charge is 2.56. The van der Waals surface area contributed by atoms with Gasteiger partial charge in [0, 0.05) is 5.39 Å². The molecule has 6 atom stereocenters. The third-order valence-electron chi connectivity index (χ3n) is 7.25. The number of ether oxygens (including phenoxy) is 3. The van der Waals surface area contributed by atoms with Gasteiger partial charge in [-0.3, -0.25) is 13.9 Å². The molecule has 4 N–H and O–H groups in total. The molecule has 0 amide bonds. The number of benzene rings is 2. The van der Waals surface area contributed by atoms with Gasteiger partial charge in [0.15, 0.2) is 17.4 Å². The average molecular weight is 626 g/mol. The Morgan fingerprint density at radius 1 is 1.30 bits per heavy atom. The van der Waals surface area contributed by atoms with E-state index in [0.29, 0.717) is 12.0 Å². The number of aliphatic hydroxyl groups excluding tert-OH is 1. The first-order chi connectivity index (χ1) is 21.0. The van der Waals surface area contributed by atoms with E-state index in [1.54, 1.807) is 31.2 Å². The van der Waals surface area contributed by atoms with Crippen molar-refractivity contribution in [3.63, 3.8) is 0 Å². The number of carbonyl (C=O) groups is 1. The van der Waals surface area contributed by atoms with Crippen LogP contribution in [-0.2, 0) is 23.4 Å². The van der Waals surface area contributed by atoms with Crippen molar-refractivity contribution in [2.24, 2.45) is 5.41 Å². The minimum Gasteiger partial charge on any atom is -0.476 e. The van der Waals surface area contributed by atoms with Gasteiger partial charge in [0.1, 0.15) is 29.4 Å². The van der Waals surface area contributed by atoms with E-state index >= 15 is 0 Å². The molecule has 0 radical (unpaired) electrons. The Morgan fingerprint density at radius 3 is 2.77 bits per heavy atom. The highest BCUT2D eigenvalue weighted by atomic mass is 31.2. The number of aliphatic hydroxyl groups is 1. The first kappa shape index (κ1) is 31.1. The quantitative estimate of drug-likeness (QED) is 0.162. The highest BCUT2D eigenvalue weighted by Crippen LogP contribution is 2.50. The van der Waals surface area contributed by atoms with E-state index in [9.17, 15) is 19.7 Å². The monoisotopic (exact) mass is 625 g/mol. The number of hydrogen-bond donors (Lipinski definition) is 3. The van der Waals surface area contributed by atoms with Crippen LogP contribution in [0.1, 0.15) is 27.0 Å². The Labute approximate surface area is 252 Å². The molecule has 3 heterocycles. The second-order valence-electron chi connectivity index (χ2n) is 10.2. The number of carbonyl (C=O) groups excluding carboxylic acids is 1. The fourth-order valence-electron chi connectivity index (χ4n) is 4.97. The van der Waals surface area contributed by atoms with Gasteiger partial charge in [0.25, 0.3) is 0 Å². The van der Waals surface area contributed by atoms with Crippen molar-refractivity contribution in [3.05, 3.63) is 48.8 Å². The van der Waals surface area contributed by atoms with E-state index in [-0.39, 0.29) is 28.7 Å². The van der Waals surface area contributed by atoms with Crippen LogP contribution in [0.5, 0.6) is 11.6 Å². The van der Waals surface area contributed by atoms with Gasteiger partial charge >= 0.3 is 13.7 Å². The summed E-state index contributed by atoms with van der Waals surface area (Å²) < 4.78 is 43.8. The zero-order chi connectivity index (χ0) is 31.6. The molecule has 2 aromatic carbocycles. The molecule has 0 spiro atoms. The average Bonchev–Trinajstić information content (AvgIpc) is 3.54. The van der Waals surface area contributed by atoms with Crippen LogP contribution in [0.25, 0.3) is 21.9 Å². The third kappa shape index (κ3) is 5.78. The van der Waals surface area contributed by atoms with Crippen LogP contribution in [0.4, 0.5) is 5.95 Å². The molecule has 1 aliphatic rings. The van der Waals surface area contributed by atoms with Crippen molar-refractivity contribution in [1.29, 1.82) is 5.26 Å². The van der Waals surface area contributed by atoms with Gasteiger partial charge in [-0.25, -0.2) is 9.55 Å². The fraction of sp³-hybridized carbons (Fsp3) is 0.393. The molecule has 6 unspecified atom stereocenters. The molecule has 4 aromatic rings. The lowest BCUT2D eigenvalue weighted by atomic mass is 9.84. The van der Waals surface area contributed by atoms with Gasteiger partial charge in [-0.2, -0.15) is 20.3 Å². The van der Waals surface area contributed by atoms with Crippen molar-refractivity contribution < 1.29 is 37.7 Å². The number of nitrogen functional groups attached to an aromatic ring is 1. The first-order valence-electron chi connectivity index (χ1n) is 13.7. The molecular formula is C28H32N7O8P. The Kier molecular flexibility index (Phi) is 8.73. The van der Waals surface area contributed by atoms with Crippen molar-refractivity contribution >= 4 is 41.6 Å². The number of esters is 1. The van der Waals surface area contributed by atoms with Gasteiger partial charge in [0.05, 0.1) is 32.7 Å². The molecule has 1 aliphatic heterocycles. The van der Waals surface area contributed by atoms with Crippen LogP contribution in [0.15, 0.2) is 48.8 Å². The van der Waals surface area contributed by atoms with E-state index in [0.717, 1.165) is 5.39 Å². The number of hydrogen-bond acceptors (Lipinski definition) is 13. The lowest BCUT2D eigenvalue weighted by Crippen LogP contribution is -2.38. The maximum atomic E-state index is 14.1. The number of fused-ring (bicyclic) bond motifs is 2. The molecule has 1 saturated heterocycles. The number of anilines is 1. The summed E-state index contributed by atoms with van der Waals surface area (Å²) in [6.45, 7) is 4.53. The molecule has 15 nitrogen and oxygen atoms in total. The topological polar surface area (TPSA) is 206 Å². The molecule has 16 heteroatoms. The molecule has 1 fully saturated rings. The summed E-state index contributed by atoms with van der Waals surface area (Å²) in [6, 6.07) is 13.5. The van der Waals surface area contributed by atoms with Gasteiger partial charge < -0.3 is 29.6 Å². The van der Waals surface area contributed by atoms with Gasteiger partial charge in [0.2, 0.25) is 11.8 Å². The molecule has 5 rings (SSSR count). The maximum Gasteiger partial charge on any atom is 0.459 e. The van der Waals surface area contributed by atoms with Crippen molar-refractivity contribution in [1.82, 2.24) is 24.6 Å². The fourth-order valence-corrected chi connectivity index (χ4v) is 6.49. The van der Waals surface area contributed by atoms with Crippen LogP contribution < -0.4 is 20.1 Å². The number of methoxy groups -OCH3 is 1. The number of aromatic nitrogens is 4. The van der Waals surface area contributed by atoms with Crippen molar-refractivity contribution in [3.8, 4) is 17.7 Å². The predicted molar refractivity (Wildman–Crippen MR) is 157 cm³/mol. The van der Waals surface area contributed by atoms with Crippen LogP contribution in [0.3, 0.4) is 0 Å². The van der Waals surface area contributed by atoms with Crippen molar-refractivity contribution in [2.75, 3.05) is 26.1 Å². The maximum absolute atomic E-state index is 14.1. The Balaban J connectivity index is 1.44. The molecule has 0 aliphatic carbocycles. The number of rotatable bonds is 11. The minimum absolute atomic E-state index is 0.0860. The highest BCUT2D eigenvalue weighted by molar-refractivity contribution is 7.52. The standard InChI is InChI=1S/C28H32N7O8P/c1-5-40-24-21-23(32-27(30)33-24)35(15-31-21)26-28(3,14-29)22(36)20(42-26)13-41-44(38,34-16(2)25(37)39-4)43-19-12-8-10-17-9-6-7-11-18(17)19/h6-12,15-16,20,22,26,36H,5,13H2,1-4H3,(H,34,38)(H2,30,32,33). The SMILES string of the molecule is CCOc1nc(N)nc2c1ncn2C1OC(COP(=O)(NC(C)C(=O)OC)Oc2cccc3ccccc23)C(O)C1(C)C#N. The summed E-state index contributed by atoms with van der Waals surface area (Å²) in [5.74, 6) is -0.402. The van der Waals surface area contributed by atoms with Gasteiger partial charge in [-0.1, -0.05) is 36.4 Å². The molecule has 0 bridgehead atoms. The molecular weight excluding hydrogens is 593 g/mol. The number of nitriles is 1. The number of nitrogens with one attached hydrogen (secondary N) is 1. The molecule has 232 valence electrons. The van der Waals surface area contributed by atoms with Gasteiger partial charge in [-0.15, -0.1) is 0 Å². The van der Waals surface area contributed by atoms with E-state index < -0.39 is 50.2 Å². The number of nitrogens with two attached hydrogens (primary N) is 1. The molecule has 0 saturated carbocycles. The molecule has 2 aromatic heterocycles. The lowest BCUT2D eigenvalue weighted by molar-refractivity contribution is -0.142. The summed E-state index contributed by atoms with van der Waals surface area (Å²) >= 11 is 0. The normalized spacial score (nSPS) is 23.6. The smallest absolute Gasteiger partial charge is 0.459 e. The molecule has 44 heavy (non-hydrogen) atoms. The Morgan fingerprint density at radius 2 is 2.05 bits per heavy atom. The zero-order valence-electron chi connectivity index (χ0n) is 24.4. The third-order valence-corrected chi connectivity index (χ3v) is 8.88. The summed E-state index contributed by atoms with van der Waals surface area (Å²) in [5.41, 5.74) is 4.86. The van der Waals surface area contributed by atoms with E-state index in [4.69, 9.17) is 29.0 Å². The minimum atomic E-state index is -4.34. The predicted octanol–water partition coefficient (Wildman–Crippen LogP) is 3.10. The second-order valence-corrected chi connectivity index (χ2v) is 11.9. The van der Waals surface area contributed by atoms with Crippen molar-refractivity contribution in [2.45, 2.75) is 45.2 Å². The van der Waals surface area contributed by atoms with E-state index in [1.165, 1.54) is 31.9 Å². The zero-order valence-corrected chi connectivity index (χ0v) is 25.3. The first-order valence-corrected chi connectivity index (χ1v) is 15.2. The summed E-state index contributed by atoms with van der Waals surface area (Å²) in [5, 5.41) is 25.6. The Hall–Kier alpha value is -4.32. The summed E-state index contributed by atoms with van der Waals surface area (Å²) in [4.78, 5) is 24.9. The number of nitrogens with zero attached hydrogens (tertiary/aromatic N) is 5. The van der Waals surface area contributed by atoms with Crippen LogP contribution in [0.2, 0.25) is 0 Å². The second kappa shape index (κ2) is 12.4. The Bertz CT molecular complexity index is 1770. The van der Waals surface area contributed by atoms with E-state index in [2.05, 4.69) is 26.1 Å². The summed E-state index contributed by atoms with van der Waals surface area (Å²) in [6.07, 6.45) is -2.34. The van der Waals surface area contributed by atoms with Crippen LogP contribution >= 0.6 is 7.75 Å². The van der Waals surface area contributed by atoms with Gasteiger partial charge in [-0.05, 0) is 32.2 Å². The summed E-state index contributed by atoms with van der Waals surface area (Å²) in [7, 11) is -3.14. The largest absolute Gasteiger partial charge is 0.476 e. The lowest BCUT2D eigenvalue weighted by Gasteiger charge is -2.26. The number of imidazole rings is 1.